The second-order valence-corrected chi connectivity index (χ2v) is 4.93. The van der Waals surface area contributed by atoms with E-state index in [2.05, 4.69) is 0 Å². The predicted molar refractivity (Wildman–Crippen MR) is 67.0 cm³/mol. The summed E-state index contributed by atoms with van der Waals surface area (Å²) in [7, 11) is 1.31. The molecule has 5 nitrogen and oxygen atoms in total. The highest BCUT2D eigenvalue weighted by molar-refractivity contribution is 7.99. The Kier molecular flexibility index (Phi) is 3.66. The number of hydrogen-bond donors (Lipinski definition) is 0. The summed E-state index contributed by atoms with van der Waals surface area (Å²) >= 11 is 1.54. The normalized spacial score (nSPS) is 15.7. The summed E-state index contributed by atoms with van der Waals surface area (Å²) in [5.41, 5.74) is 0. The third-order valence-electron chi connectivity index (χ3n) is 2.58. The molecule has 1 heterocycles. The molecular weight excluding hydrogens is 252 g/mol. The first-order valence-corrected chi connectivity index (χ1v) is 6.41. The van der Waals surface area contributed by atoms with Gasteiger partial charge in [-0.15, -0.1) is 11.8 Å². The molecule has 0 bridgehead atoms. The van der Waals surface area contributed by atoms with E-state index < -0.39 is 17.8 Å². The number of amides is 4. The van der Waals surface area contributed by atoms with Crippen molar-refractivity contribution in [3.63, 3.8) is 0 Å². The average Bonchev–Trinajstić information content (AvgIpc) is 2.57. The number of rotatable bonds is 4. The molecule has 0 aromatic heterocycles. The van der Waals surface area contributed by atoms with Crippen molar-refractivity contribution >= 4 is 29.6 Å². The van der Waals surface area contributed by atoms with Crippen molar-refractivity contribution in [2.24, 2.45) is 0 Å². The lowest BCUT2D eigenvalue weighted by molar-refractivity contribution is -0.142. The van der Waals surface area contributed by atoms with E-state index in [1.165, 1.54) is 18.8 Å². The smallest absolute Gasteiger partial charge is 0.263 e. The average molecular weight is 264 g/mol. The van der Waals surface area contributed by atoms with Crippen LogP contribution in [0.15, 0.2) is 35.2 Å². The van der Waals surface area contributed by atoms with E-state index in [1.54, 1.807) is 0 Å². The van der Waals surface area contributed by atoms with Gasteiger partial charge in [0.15, 0.2) is 0 Å². The van der Waals surface area contributed by atoms with Gasteiger partial charge in [-0.3, -0.25) is 19.4 Å². The van der Waals surface area contributed by atoms with Crippen LogP contribution >= 0.6 is 11.8 Å². The van der Waals surface area contributed by atoms with Gasteiger partial charge in [-0.1, -0.05) is 18.2 Å². The Bertz CT molecular complexity index is 489. The fourth-order valence-electron chi connectivity index (χ4n) is 1.58. The van der Waals surface area contributed by atoms with Gasteiger partial charge in [0, 0.05) is 24.2 Å². The Labute approximate surface area is 109 Å². The third-order valence-corrected chi connectivity index (χ3v) is 3.57. The molecule has 1 aliphatic heterocycles. The molecule has 0 radical (unpaired) electrons. The van der Waals surface area contributed by atoms with Crippen molar-refractivity contribution in [2.75, 3.05) is 19.3 Å². The lowest BCUT2D eigenvalue weighted by Crippen LogP contribution is -2.33. The zero-order valence-electron chi connectivity index (χ0n) is 9.83. The monoisotopic (exact) mass is 264 g/mol. The molecule has 1 aromatic rings. The second-order valence-electron chi connectivity index (χ2n) is 3.77. The van der Waals surface area contributed by atoms with E-state index in [4.69, 9.17) is 0 Å². The summed E-state index contributed by atoms with van der Waals surface area (Å²) in [6.07, 6.45) is 0. The molecular formula is C12H12N2O3S. The van der Waals surface area contributed by atoms with Crippen LogP contribution in [0.4, 0.5) is 4.79 Å². The predicted octanol–water partition coefficient (Wildman–Crippen LogP) is 1.20. The number of imide groups is 2. The van der Waals surface area contributed by atoms with Crippen LogP contribution in [-0.4, -0.2) is 47.0 Å². The van der Waals surface area contributed by atoms with Crippen molar-refractivity contribution in [1.29, 1.82) is 0 Å². The number of carbonyl (C=O) groups excluding carboxylic acids is 3. The van der Waals surface area contributed by atoms with E-state index in [-0.39, 0.29) is 6.54 Å². The Balaban J connectivity index is 1.90. The largest absolute Gasteiger partial charge is 0.333 e. The van der Waals surface area contributed by atoms with Gasteiger partial charge in [0.2, 0.25) is 0 Å². The highest BCUT2D eigenvalue weighted by Gasteiger charge is 2.41. The SMILES string of the molecule is CN1C(=O)C(=O)N(CCSc2ccccc2)C1=O. The van der Waals surface area contributed by atoms with E-state index >= 15 is 0 Å². The molecule has 0 unspecified atom stereocenters. The number of nitrogens with zero attached hydrogens (tertiary/aromatic N) is 2. The van der Waals surface area contributed by atoms with E-state index in [1.807, 2.05) is 30.3 Å². The molecule has 0 aliphatic carbocycles. The Morgan fingerprint density at radius 3 is 2.28 bits per heavy atom. The van der Waals surface area contributed by atoms with Crippen LogP contribution in [0.3, 0.4) is 0 Å². The quantitative estimate of drug-likeness (QED) is 0.466. The van der Waals surface area contributed by atoms with Crippen LogP contribution < -0.4 is 0 Å². The summed E-state index contributed by atoms with van der Waals surface area (Å²) in [4.78, 5) is 37.2. The standard InChI is InChI=1S/C12H12N2O3S/c1-13-10(15)11(16)14(12(13)17)7-8-18-9-5-3-2-4-6-9/h2-6H,7-8H2,1H3. The molecule has 6 heteroatoms. The van der Waals surface area contributed by atoms with Gasteiger partial charge in [-0.2, -0.15) is 0 Å². The fourth-order valence-corrected chi connectivity index (χ4v) is 2.44. The summed E-state index contributed by atoms with van der Waals surface area (Å²) < 4.78 is 0. The van der Waals surface area contributed by atoms with Crippen LogP contribution in [0.25, 0.3) is 0 Å². The van der Waals surface area contributed by atoms with E-state index in [9.17, 15) is 14.4 Å². The van der Waals surface area contributed by atoms with Gasteiger partial charge in [0.1, 0.15) is 0 Å². The van der Waals surface area contributed by atoms with E-state index in [0.717, 1.165) is 14.7 Å². The maximum Gasteiger partial charge on any atom is 0.333 e. The summed E-state index contributed by atoms with van der Waals surface area (Å²) in [5, 5.41) is 0. The van der Waals surface area contributed by atoms with Gasteiger partial charge in [0.05, 0.1) is 0 Å². The number of carbonyl (C=O) groups is 3. The van der Waals surface area contributed by atoms with Crippen LogP contribution in [0.1, 0.15) is 0 Å². The number of benzene rings is 1. The maximum absolute atomic E-state index is 11.6. The number of likely N-dealkylation sites (N-methyl/N-ethyl adjacent to an activating group) is 1. The molecule has 0 N–H and O–H groups in total. The number of hydrogen-bond acceptors (Lipinski definition) is 4. The summed E-state index contributed by atoms with van der Waals surface area (Å²) in [5.74, 6) is -0.927. The Morgan fingerprint density at radius 1 is 1.06 bits per heavy atom. The van der Waals surface area contributed by atoms with Crippen LogP contribution in [0.2, 0.25) is 0 Å². The highest BCUT2D eigenvalue weighted by atomic mass is 32.2. The fraction of sp³-hybridized carbons (Fsp3) is 0.250. The van der Waals surface area contributed by atoms with Gasteiger partial charge in [-0.25, -0.2) is 4.79 Å². The van der Waals surface area contributed by atoms with Gasteiger partial charge < -0.3 is 0 Å². The molecule has 0 spiro atoms. The van der Waals surface area contributed by atoms with Crippen molar-refractivity contribution in [2.45, 2.75) is 4.90 Å². The Hall–Kier alpha value is -1.82. The highest BCUT2D eigenvalue weighted by Crippen LogP contribution is 2.18. The second kappa shape index (κ2) is 5.22. The molecule has 1 aromatic carbocycles. The topological polar surface area (TPSA) is 57.7 Å². The molecule has 0 saturated carbocycles. The maximum atomic E-state index is 11.6. The van der Waals surface area contributed by atoms with Gasteiger partial charge >= 0.3 is 17.8 Å². The zero-order chi connectivity index (χ0) is 13.1. The number of urea groups is 1. The Morgan fingerprint density at radius 2 is 1.72 bits per heavy atom. The lowest BCUT2D eigenvalue weighted by Gasteiger charge is -2.12. The molecule has 2 rings (SSSR count). The molecule has 4 amide bonds. The van der Waals surface area contributed by atoms with Crippen molar-refractivity contribution < 1.29 is 14.4 Å². The van der Waals surface area contributed by atoms with E-state index in [0.29, 0.717) is 5.75 Å². The first-order valence-electron chi connectivity index (χ1n) is 5.42. The van der Waals surface area contributed by atoms with Gasteiger partial charge in [-0.05, 0) is 12.1 Å². The molecule has 1 saturated heterocycles. The zero-order valence-corrected chi connectivity index (χ0v) is 10.6. The molecule has 1 aliphatic rings. The van der Waals surface area contributed by atoms with Crippen molar-refractivity contribution in [3.8, 4) is 0 Å². The minimum absolute atomic E-state index is 0.243. The van der Waals surface area contributed by atoms with Crippen LogP contribution in [0, 0.1) is 0 Å². The third kappa shape index (κ3) is 2.38. The minimum atomic E-state index is -0.760. The molecule has 1 fully saturated rings. The van der Waals surface area contributed by atoms with Crippen LogP contribution in [-0.2, 0) is 9.59 Å². The summed E-state index contributed by atoms with van der Waals surface area (Å²) in [6, 6.07) is 9.13. The summed E-state index contributed by atoms with van der Waals surface area (Å²) in [6.45, 7) is 0.243. The minimum Gasteiger partial charge on any atom is -0.263 e. The lowest BCUT2D eigenvalue weighted by atomic mass is 10.4. The van der Waals surface area contributed by atoms with Gasteiger partial charge in [0.25, 0.3) is 0 Å². The molecule has 94 valence electrons. The van der Waals surface area contributed by atoms with Crippen molar-refractivity contribution in [1.82, 2.24) is 9.80 Å². The first kappa shape index (κ1) is 12.6. The van der Waals surface area contributed by atoms with Crippen LogP contribution in [0.5, 0.6) is 0 Å². The first-order chi connectivity index (χ1) is 8.61. The number of thioether (sulfide) groups is 1. The molecule has 18 heavy (non-hydrogen) atoms. The molecule has 0 atom stereocenters. The van der Waals surface area contributed by atoms with Crippen molar-refractivity contribution in [3.05, 3.63) is 30.3 Å².